The number of aryl methyl sites for hydroxylation is 1. The van der Waals surface area contributed by atoms with E-state index in [1.54, 1.807) is 11.8 Å². The molecule has 0 bridgehead atoms. The van der Waals surface area contributed by atoms with Gasteiger partial charge in [0.05, 0.1) is 11.9 Å². The molecule has 0 aliphatic heterocycles. The normalized spacial score (nSPS) is 12.3. The van der Waals surface area contributed by atoms with Crippen LogP contribution in [0.25, 0.3) is 0 Å². The van der Waals surface area contributed by atoms with Crippen LogP contribution in [0.4, 0.5) is 0 Å². The Labute approximate surface area is 111 Å². The SMILES string of the molecule is Cc1noc(C(C)SCCOc2ccccc2)n1. The molecule has 1 heterocycles. The molecule has 1 unspecified atom stereocenters. The van der Waals surface area contributed by atoms with Gasteiger partial charge in [-0.25, -0.2) is 0 Å². The van der Waals surface area contributed by atoms with Gasteiger partial charge in [0, 0.05) is 5.75 Å². The standard InChI is InChI=1S/C13H16N2O2S/c1-10(13-14-11(2)15-17-13)18-9-8-16-12-6-4-3-5-7-12/h3-7,10H,8-9H2,1-2H3. The summed E-state index contributed by atoms with van der Waals surface area (Å²) in [6.07, 6.45) is 0. The van der Waals surface area contributed by atoms with E-state index in [0.29, 0.717) is 18.3 Å². The van der Waals surface area contributed by atoms with Crippen LogP contribution in [0.15, 0.2) is 34.9 Å². The minimum atomic E-state index is 0.200. The van der Waals surface area contributed by atoms with Crippen LogP contribution in [0.1, 0.15) is 23.9 Å². The van der Waals surface area contributed by atoms with Gasteiger partial charge in [0.2, 0.25) is 5.89 Å². The van der Waals surface area contributed by atoms with Crippen LogP contribution in [0.2, 0.25) is 0 Å². The molecule has 1 atom stereocenters. The molecule has 0 spiro atoms. The number of thioether (sulfide) groups is 1. The highest BCUT2D eigenvalue weighted by molar-refractivity contribution is 7.99. The highest BCUT2D eigenvalue weighted by Crippen LogP contribution is 2.26. The van der Waals surface area contributed by atoms with E-state index in [2.05, 4.69) is 17.1 Å². The van der Waals surface area contributed by atoms with Crippen LogP contribution in [0, 0.1) is 6.92 Å². The van der Waals surface area contributed by atoms with Gasteiger partial charge in [-0.05, 0) is 26.0 Å². The highest BCUT2D eigenvalue weighted by Gasteiger charge is 2.12. The summed E-state index contributed by atoms with van der Waals surface area (Å²) in [6.45, 7) is 4.55. The molecule has 0 saturated carbocycles. The maximum Gasteiger partial charge on any atom is 0.239 e. The molecule has 0 N–H and O–H groups in total. The monoisotopic (exact) mass is 264 g/mol. The minimum Gasteiger partial charge on any atom is -0.493 e. The fourth-order valence-corrected chi connectivity index (χ4v) is 2.22. The summed E-state index contributed by atoms with van der Waals surface area (Å²) >= 11 is 1.74. The van der Waals surface area contributed by atoms with Gasteiger partial charge in [-0.15, -0.1) is 11.8 Å². The molecule has 18 heavy (non-hydrogen) atoms. The number of nitrogens with zero attached hydrogens (tertiary/aromatic N) is 2. The summed E-state index contributed by atoms with van der Waals surface area (Å²) in [5.41, 5.74) is 0. The van der Waals surface area contributed by atoms with Gasteiger partial charge in [-0.1, -0.05) is 23.4 Å². The Kier molecular flexibility index (Phi) is 4.64. The largest absolute Gasteiger partial charge is 0.493 e. The van der Waals surface area contributed by atoms with Gasteiger partial charge in [0.1, 0.15) is 5.75 Å². The summed E-state index contributed by atoms with van der Waals surface area (Å²) in [7, 11) is 0. The van der Waals surface area contributed by atoms with Gasteiger partial charge < -0.3 is 9.26 Å². The molecule has 0 aliphatic carbocycles. The third-order valence-electron chi connectivity index (χ3n) is 2.35. The quantitative estimate of drug-likeness (QED) is 0.749. The lowest BCUT2D eigenvalue weighted by Crippen LogP contribution is -2.01. The molecule has 0 aliphatic rings. The lowest BCUT2D eigenvalue weighted by Gasteiger charge is -2.08. The number of rotatable bonds is 6. The zero-order chi connectivity index (χ0) is 12.8. The molecule has 0 radical (unpaired) electrons. The molecule has 1 aromatic heterocycles. The number of benzene rings is 1. The zero-order valence-electron chi connectivity index (χ0n) is 10.5. The number of hydrogen-bond acceptors (Lipinski definition) is 5. The van der Waals surface area contributed by atoms with Gasteiger partial charge >= 0.3 is 0 Å². The van der Waals surface area contributed by atoms with Crippen molar-refractivity contribution >= 4 is 11.8 Å². The van der Waals surface area contributed by atoms with Crippen molar-refractivity contribution in [2.24, 2.45) is 0 Å². The predicted molar refractivity (Wildman–Crippen MR) is 71.8 cm³/mol. The number of aromatic nitrogens is 2. The van der Waals surface area contributed by atoms with Gasteiger partial charge in [-0.2, -0.15) is 4.98 Å². The Morgan fingerprint density at radius 3 is 2.78 bits per heavy atom. The summed E-state index contributed by atoms with van der Waals surface area (Å²) in [5.74, 6) is 3.15. The van der Waals surface area contributed by atoms with Crippen molar-refractivity contribution in [2.75, 3.05) is 12.4 Å². The molecule has 0 fully saturated rings. The Balaban J connectivity index is 1.69. The van der Waals surface area contributed by atoms with Crippen LogP contribution in [0.3, 0.4) is 0 Å². The fourth-order valence-electron chi connectivity index (χ4n) is 1.45. The average molecular weight is 264 g/mol. The summed E-state index contributed by atoms with van der Waals surface area (Å²) < 4.78 is 10.7. The number of ether oxygens (including phenoxy) is 1. The molecule has 0 saturated heterocycles. The zero-order valence-corrected chi connectivity index (χ0v) is 11.3. The van der Waals surface area contributed by atoms with Gasteiger partial charge in [-0.3, -0.25) is 0 Å². The molecule has 1 aromatic carbocycles. The fraction of sp³-hybridized carbons (Fsp3) is 0.385. The van der Waals surface area contributed by atoms with Crippen LogP contribution < -0.4 is 4.74 Å². The van der Waals surface area contributed by atoms with Crippen LogP contribution in [-0.2, 0) is 0 Å². The van der Waals surface area contributed by atoms with E-state index in [9.17, 15) is 0 Å². The minimum absolute atomic E-state index is 0.200. The Bertz CT molecular complexity index is 473. The van der Waals surface area contributed by atoms with Crippen molar-refractivity contribution in [3.63, 3.8) is 0 Å². The van der Waals surface area contributed by atoms with Crippen molar-refractivity contribution in [2.45, 2.75) is 19.1 Å². The first kappa shape index (κ1) is 13.0. The van der Waals surface area contributed by atoms with Crippen LogP contribution in [-0.4, -0.2) is 22.5 Å². The van der Waals surface area contributed by atoms with Gasteiger partial charge in [0.25, 0.3) is 0 Å². The molecule has 2 rings (SSSR count). The maximum atomic E-state index is 5.61. The molecule has 5 heteroatoms. The molecule has 2 aromatic rings. The van der Waals surface area contributed by atoms with Crippen LogP contribution >= 0.6 is 11.8 Å². The van der Waals surface area contributed by atoms with E-state index >= 15 is 0 Å². The Morgan fingerprint density at radius 1 is 1.33 bits per heavy atom. The molecular formula is C13H16N2O2S. The molecule has 96 valence electrons. The number of para-hydroxylation sites is 1. The lowest BCUT2D eigenvalue weighted by molar-refractivity contribution is 0.343. The lowest BCUT2D eigenvalue weighted by atomic mass is 10.3. The van der Waals surface area contributed by atoms with E-state index in [-0.39, 0.29) is 5.25 Å². The second-order valence-corrected chi connectivity index (χ2v) is 5.30. The van der Waals surface area contributed by atoms with Crippen molar-refractivity contribution in [1.29, 1.82) is 0 Å². The summed E-state index contributed by atoms with van der Waals surface area (Å²) in [6, 6.07) is 9.81. The third-order valence-corrected chi connectivity index (χ3v) is 3.46. The van der Waals surface area contributed by atoms with Crippen LogP contribution in [0.5, 0.6) is 5.75 Å². The highest BCUT2D eigenvalue weighted by atomic mass is 32.2. The van der Waals surface area contributed by atoms with E-state index in [1.807, 2.05) is 37.3 Å². The second-order valence-electron chi connectivity index (χ2n) is 3.85. The van der Waals surface area contributed by atoms with Gasteiger partial charge in [0.15, 0.2) is 5.82 Å². The molecule has 4 nitrogen and oxygen atoms in total. The Morgan fingerprint density at radius 2 is 2.11 bits per heavy atom. The summed E-state index contributed by atoms with van der Waals surface area (Å²) in [4.78, 5) is 4.21. The van der Waals surface area contributed by atoms with Crippen molar-refractivity contribution < 1.29 is 9.26 Å². The average Bonchev–Trinajstić information content (AvgIpc) is 2.82. The maximum absolute atomic E-state index is 5.61. The van der Waals surface area contributed by atoms with E-state index in [0.717, 1.165) is 11.5 Å². The second kappa shape index (κ2) is 6.44. The number of hydrogen-bond donors (Lipinski definition) is 0. The third kappa shape index (κ3) is 3.77. The van der Waals surface area contributed by atoms with E-state index < -0.39 is 0 Å². The van der Waals surface area contributed by atoms with Crippen molar-refractivity contribution in [3.05, 3.63) is 42.0 Å². The first-order chi connectivity index (χ1) is 8.75. The molecule has 0 amide bonds. The van der Waals surface area contributed by atoms with Crippen molar-refractivity contribution in [1.82, 2.24) is 10.1 Å². The summed E-state index contributed by atoms with van der Waals surface area (Å²) in [5, 5.41) is 3.98. The Hall–Kier alpha value is -1.49. The van der Waals surface area contributed by atoms with Crippen molar-refractivity contribution in [3.8, 4) is 5.75 Å². The predicted octanol–water partition coefficient (Wildman–Crippen LogP) is 3.25. The topological polar surface area (TPSA) is 48.2 Å². The van der Waals surface area contributed by atoms with E-state index in [4.69, 9.17) is 9.26 Å². The smallest absolute Gasteiger partial charge is 0.239 e. The first-order valence-corrected chi connectivity index (χ1v) is 6.90. The first-order valence-electron chi connectivity index (χ1n) is 5.85. The van der Waals surface area contributed by atoms with E-state index in [1.165, 1.54) is 0 Å². The molecular weight excluding hydrogens is 248 g/mol.